The predicted octanol–water partition coefficient (Wildman–Crippen LogP) is 0.822. The topological polar surface area (TPSA) is 53.0 Å². The summed E-state index contributed by atoms with van der Waals surface area (Å²) in [6.07, 6.45) is 0. The summed E-state index contributed by atoms with van der Waals surface area (Å²) in [5.74, 6) is 0.0915. The molecule has 0 saturated carbocycles. The fourth-order valence-electron chi connectivity index (χ4n) is 2.38. The van der Waals surface area contributed by atoms with Gasteiger partial charge in [-0.2, -0.15) is 0 Å². The van der Waals surface area contributed by atoms with Crippen LogP contribution in [-0.2, 0) is 4.74 Å². The van der Waals surface area contributed by atoms with E-state index in [1.54, 1.807) is 0 Å². The third-order valence-corrected chi connectivity index (χ3v) is 4.47. The summed E-state index contributed by atoms with van der Waals surface area (Å²) >= 11 is 1.50. The van der Waals surface area contributed by atoms with Crippen molar-refractivity contribution in [1.29, 1.82) is 0 Å². The molecule has 0 aromatic carbocycles. The number of aliphatic hydroxyl groups is 1. The van der Waals surface area contributed by atoms with E-state index in [0.717, 1.165) is 17.0 Å². The molecule has 0 radical (unpaired) electrons. The third-order valence-electron chi connectivity index (χ3n) is 3.43. The Bertz CT molecular complexity index is 449. The summed E-state index contributed by atoms with van der Waals surface area (Å²) in [5.41, 5.74) is 1.13. The summed E-state index contributed by atoms with van der Waals surface area (Å²) < 4.78 is 5.50. The van der Waals surface area contributed by atoms with Crippen molar-refractivity contribution in [3.63, 3.8) is 0 Å². The Morgan fingerprint density at radius 2 is 2.45 bits per heavy atom. The molecule has 1 atom stereocenters. The van der Waals surface area contributed by atoms with Crippen LogP contribution in [-0.4, -0.2) is 73.4 Å². The standard InChI is InChI=1S/C14H22N2O3S/c1-11-7-13(20-10-11)14(18)16-4-6-19-9-12(16)8-15(2)3-5-17/h7,10,12,17H,3-6,8-9H2,1-2H3. The van der Waals surface area contributed by atoms with Crippen LogP contribution in [0.15, 0.2) is 11.4 Å². The summed E-state index contributed by atoms with van der Waals surface area (Å²) in [5, 5.41) is 11.0. The van der Waals surface area contributed by atoms with Gasteiger partial charge in [0.15, 0.2) is 0 Å². The SMILES string of the molecule is Cc1csc(C(=O)N2CCOCC2CN(C)CCO)c1. The first-order valence-electron chi connectivity index (χ1n) is 6.85. The lowest BCUT2D eigenvalue weighted by Crippen LogP contribution is -2.53. The Morgan fingerprint density at radius 1 is 1.65 bits per heavy atom. The molecule has 0 aliphatic carbocycles. The maximum absolute atomic E-state index is 12.6. The molecule has 1 aromatic rings. The van der Waals surface area contributed by atoms with E-state index in [2.05, 4.69) is 0 Å². The van der Waals surface area contributed by atoms with Gasteiger partial charge in [0.1, 0.15) is 0 Å². The van der Waals surface area contributed by atoms with E-state index in [4.69, 9.17) is 9.84 Å². The van der Waals surface area contributed by atoms with Crippen LogP contribution in [0.25, 0.3) is 0 Å². The molecule has 0 bridgehead atoms. The van der Waals surface area contributed by atoms with E-state index in [1.165, 1.54) is 11.3 Å². The molecule has 5 nitrogen and oxygen atoms in total. The second-order valence-electron chi connectivity index (χ2n) is 5.20. The van der Waals surface area contributed by atoms with Gasteiger partial charge in [-0.15, -0.1) is 11.3 Å². The van der Waals surface area contributed by atoms with Gasteiger partial charge in [0.2, 0.25) is 0 Å². The molecule has 1 fully saturated rings. The molecule has 1 aromatic heterocycles. The molecular formula is C14H22N2O3S. The number of nitrogens with zero attached hydrogens (tertiary/aromatic N) is 2. The van der Waals surface area contributed by atoms with Crippen molar-refractivity contribution in [1.82, 2.24) is 9.80 Å². The minimum atomic E-state index is 0.0511. The number of amides is 1. The highest BCUT2D eigenvalue weighted by Gasteiger charge is 2.29. The van der Waals surface area contributed by atoms with Gasteiger partial charge in [-0.3, -0.25) is 4.79 Å². The number of likely N-dealkylation sites (N-methyl/N-ethyl adjacent to an activating group) is 1. The van der Waals surface area contributed by atoms with E-state index in [9.17, 15) is 4.79 Å². The van der Waals surface area contributed by atoms with Crippen LogP contribution in [0, 0.1) is 6.92 Å². The number of ether oxygens (including phenoxy) is 1. The summed E-state index contributed by atoms with van der Waals surface area (Å²) in [4.78, 5) is 17.3. The normalized spacial score (nSPS) is 19.6. The first kappa shape index (κ1) is 15.4. The highest BCUT2D eigenvalue weighted by molar-refractivity contribution is 7.12. The molecule has 2 heterocycles. The van der Waals surface area contributed by atoms with Gasteiger partial charge in [-0.05, 0) is 31.0 Å². The van der Waals surface area contributed by atoms with Crippen molar-refractivity contribution < 1.29 is 14.6 Å². The molecule has 6 heteroatoms. The highest BCUT2D eigenvalue weighted by Crippen LogP contribution is 2.19. The van der Waals surface area contributed by atoms with E-state index >= 15 is 0 Å². The summed E-state index contributed by atoms with van der Waals surface area (Å²) in [6, 6.07) is 1.99. The third kappa shape index (κ3) is 3.79. The van der Waals surface area contributed by atoms with Gasteiger partial charge in [-0.25, -0.2) is 0 Å². The van der Waals surface area contributed by atoms with Crippen molar-refractivity contribution >= 4 is 17.2 Å². The smallest absolute Gasteiger partial charge is 0.264 e. The quantitative estimate of drug-likeness (QED) is 0.874. The highest BCUT2D eigenvalue weighted by atomic mass is 32.1. The number of carbonyl (C=O) groups is 1. The maximum atomic E-state index is 12.6. The Kier molecular flexibility index (Phi) is 5.54. The van der Waals surface area contributed by atoms with Crippen LogP contribution >= 0.6 is 11.3 Å². The average Bonchev–Trinajstić information content (AvgIpc) is 2.85. The molecule has 2 rings (SSSR count). The van der Waals surface area contributed by atoms with Crippen LogP contribution in [0.3, 0.4) is 0 Å². The van der Waals surface area contributed by atoms with Crippen LogP contribution in [0.5, 0.6) is 0 Å². The molecule has 1 aliphatic heterocycles. The number of hydrogen-bond acceptors (Lipinski definition) is 5. The molecule has 1 saturated heterocycles. The Labute approximate surface area is 123 Å². The lowest BCUT2D eigenvalue weighted by atomic mass is 10.2. The van der Waals surface area contributed by atoms with Gasteiger partial charge in [0, 0.05) is 19.6 Å². The number of morpholine rings is 1. The minimum Gasteiger partial charge on any atom is -0.395 e. The van der Waals surface area contributed by atoms with Crippen LogP contribution in [0.1, 0.15) is 15.2 Å². The molecule has 1 aliphatic rings. The van der Waals surface area contributed by atoms with Gasteiger partial charge in [0.25, 0.3) is 5.91 Å². The van der Waals surface area contributed by atoms with Crippen molar-refractivity contribution in [3.8, 4) is 0 Å². The number of hydrogen-bond donors (Lipinski definition) is 1. The second kappa shape index (κ2) is 7.17. The lowest BCUT2D eigenvalue weighted by molar-refractivity contribution is -0.0107. The van der Waals surface area contributed by atoms with Gasteiger partial charge >= 0.3 is 0 Å². The fourth-order valence-corrected chi connectivity index (χ4v) is 3.23. The molecule has 112 valence electrons. The molecule has 1 amide bonds. The average molecular weight is 298 g/mol. The minimum absolute atomic E-state index is 0.0511. The fraction of sp³-hybridized carbons (Fsp3) is 0.643. The zero-order valence-corrected chi connectivity index (χ0v) is 12.9. The van der Waals surface area contributed by atoms with Crippen molar-refractivity contribution in [3.05, 3.63) is 21.9 Å². The molecule has 20 heavy (non-hydrogen) atoms. The van der Waals surface area contributed by atoms with Crippen LogP contribution in [0.2, 0.25) is 0 Å². The van der Waals surface area contributed by atoms with Crippen LogP contribution < -0.4 is 0 Å². The lowest BCUT2D eigenvalue weighted by Gasteiger charge is -2.37. The van der Waals surface area contributed by atoms with Gasteiger partial charge < -0.3 is 19.6 Å². The second-order valence-corrected chi connectivity index (χ2v) is 6.11. The monoisotopic (exact) mass is 298 g/mol. The zero-order valence-electron chi connectivity index (χ0n) is 12.0. The Balaban J connectivity index is 2.04. The first-order chi connectivity index (χ1) is 9.61. The number of aryl methyl sites for hydroxylation is 1. The summed E-state index contributed by atoms with van der Waals surface area (Å²) in [6.45, 7) is 5.24. The molecular weight excluding hydrogens is 276 g/mol. The zero-order chi connectivity index (χ0) is 14.5. The van der Waals surface area contributed by atoms with E-state index in [1.807, 2.05) is 35.2 Å². The van der Waals surface area contributed by atoms with Crippen molar-refractivity contribution in [2.45, 2.75) is 13.0 Å². The molecule has 1 N–H and O–H groups in total. The number of carbonyl (C=O) groups excluding carboxylic acids is 1. The largest absolute Gasteiger partial charge is 0.395 e. The summed E-state index contributed by atoms with van der Waals surface area (Å²) in [7, 11) is 1.95. The van der Waals surface area contributed by atoms with Crippen molar-refractivity contribution in [2.24, 2.45) is 0 Å². The maximum Gasteiger partial charge on any atom is 0.264 e. The van der Waals surface area contributed by atoms with Gasteiger partial charge in [-0.1, -0.05) is 0 Å². The van der Waals surface area contributed by atoms with E-state index < -0.39 is 0 Å². The Hall–Kier alpha value is -0.950. The van der Waals surface area contributed by atoms with E-state index in [0.29, 0.717) is 26.3 Å². The first-order valence-corrected chi connectivity index (χ1v) is 7.73. The number of thiophene rings is 1. The van der Waals surface area contributed by atoms with Crippen LogP contribution in [0.4, 0.5) is 0 Å². The molecule has 1 unspecified atom stereocenters. The molecule has 0 spiro atoms. The number of rotatable bonds is 5. The van der Waals surface area contributed by atoms with Crippen molar-refractivity contribution in [2.75, 3.05) is 46.5 Å². The Morgan fingerprint density at radius 3 is 3.10 bits per heavy atom. The van der Waals surface area contributed by atoms with E-state index in [-0.39, 0.29) is 18.6 Å². The predicted molar refractivity (Wildman–Crippen MR) is 79.3 cm³/mol. The number of aliphatic hydroxyl groups excluding tert-OH is 1. The van der Waals surface area contributed by atoms with Gasteiger partial charge in [0.05, 0.1) is 30.7 Å².